The molecule has 0 unspecified atom stereocenters. The normalized spacial score (nSPS) is 10.7. The number of rotatable bonds is 3. The Kier molecular flexibility index (Phi) is 4.56. The zero-order valence-electron chi connectivity index (χ0n) is 9.45. The highest BCUT2D eigenvalue weighted by atomic mass is 79.9. The van der Waals surface area contributed by atoms with Crippen molar-refractivity contribution in [1.29, 1.82) is 0 Å². The predicted octanol–water partition coefficient (Wildman–Crippen LogP) is 4.36. The summed E-state index contributed by atoms with van der Waals surface area (Å²) in [4.78, 5) is 8.63. The van der Waals surface area contributed by atoms with Gasteiger partial charge in [-0.05, 0) is 28.1 Å². The molecule has 0 saturated carbocycles. The van der Waals surface area contributed by atoms with Crippen LogP contribution in [0.15, 0.2) is 28.7 Å². The van der Waals surface area contributed by atoms with Crippen LogP contribution in [0.25, 0.3) is 11.4 Å². The Morgan fingerprint density at radius 2 is 2.06 bits per heavy atom. The van der Waals surface area contributed by atoms with Crippen molar-refractivity contribution in [3.05, 3.63) is 44.6 Å². The van der Waals surface area contributed by atoms with E-state index in [1.54, 1.807) is 19.2 Å². The van der Waals surface area contributed by atoms with Crippen LogP contribution >= 0.6 is 39.1 Å². The number of aromatic nitrogens is 2. The molecule has 0 amide bonds. The molecular formula is C12H9BrCl2N2O. The van der Waals surface area contributed by atoms with E-state index in [1.165, 1.54) is 0 Å². The van der Waals surface area contributed by atoms with Gasteiger partial charge in [0, 0.05) is 17.7 Å². The van der Waals surface area contributed by atoms with Crippen LogP contribution in [0.3, 0.4) is 0 Å². The molecule has 3 nitrogen and oxygen atoms in total. The summed E-state index contributed by atoms with van der Waals surface area (Å²) in [6, 6.07) is 7.30. The Balaban J connectivity index is 2.51. The first kappa shape index (κ1) is 13.7. The summed E-state index contributed by atoms with van der Waals surface area (Å²) in [5.41, 5.74) is 1.52. The van der Waals surface area contributed by atoms with Crippen molar-refractivity contribution in [2.75, 3.05) is 7.11 Å². The minimum absolute atomic E-state index is 0.354. The number of methoxy groups -OCH3 is 1. The van der Waals surface area contributed by atoms with Crippen molar-refractivity contribution in [3.63, 3.8) is 0 Å². The lowest BCUT2D eigenvalue weighted by Gasteiger charge is -2.07. The highest BCUT2D eigenvalue weighted by Crippen LogP contribution is 2.28. The van der Waals surface area contributed by atoms with Crippen molar-refractivity contribution in [2.24, 2.45) is 0 Å². The third-order valence-electron chi connectivity index (χ3n) is 2.24. The second kappa shape index (κ2) is 5.97. The first-order valence-electron chi connectivity index (χ1n) is 5.08. The number of ether oxygens (including phenoxy) is 1. The molecule has 0 atom stereocenters. The van der Waals surface area contributed by atoms with E-state index in [4.69, 9.17) is 27.9 Å². The number of hydrogen-bond donors (Lipinski definition) is 0. The van der Waals surface area contributed by atoms with Gasteiger partial charge in [-0.25, -0.2) is 9.97 Å². The van der Waals surface area contributed by atoms with Crippen LogP contribution in [-0.2, 0) is 11.3 Å². The molecular weight excluding hydrogens is 339 g/mol. The van der Waals surface area contributed by atoms with E-state index >= 15 is 0 Å². The molecule has 0 radical (unpaired) electrons. The van der Waals surface area contributed by atoms with Crippen LogP contribution in [0.5, 0.6) is 0 Å². The molecule has 18 heavy (non-hydrogen) atoms. The lowest BCUT2D eigenvalue weighted by Crippen LogP contribution is -2.00. The second-order valence-electron chi connectivity index (χ2n) is 3.54. The van der Waals surface area contributed by atoms with Crippen LogP contribution in [0.2, 0.25) is 10.2 Å². The van der Waals surface area contributed by atoms with Crippen LogP contribution in [0, 0.1) is 0 Å². The smallest absolute Gasteiger partial charge is 0.161 e. The standard InChI is InChI=1S/C12H9BrCl2N2O/c1-18-6-9-10(13)11(15)17-12(16-9)7-3-2-4-8(14)5-7/h2-5H,6H2,1H3. The fourth-order valence-corrected chi connectivity index (χ4v) is 2.12. The minimum atomic E-state index is 0.354. The monoisotopic (exact) mass is 346 g/mol. The van der Waals surface area contributed by atoms with Crippen LogP contribution in [0.4, 0.5) is 0 Å². The minimum Gasteiger partial charge on any atom is -0.378 e. The Hall–Kier alpha value is -0.680. The Bertz CT molecular complexity index is 578. The molecule has 0 saturated heterocycles. The van der Waals surface area contributed by atoms with E-state index in [1.807, 2.05) is 12.1 Å². The molecule has 1 aromatic heterocycles. The first-order chi connectivity index (χ1) is 8.61. The maximum atomic E-state index is 6.06. The molecule has 0 spiro atoms. The molecule has 0 fully saturated rings. The van der Waals surface area contributed by atoms with Gasteiger partial charge in [-0.2, -0.15) is 0 Å². The van der Waals surface area contributed by atoms with E-state index in [-0.39, 0.29) is 0 Å². The average Bonchev–Trinajstić information content (AvgIpc) is 2.35. The van der Waals surface area contributed by atoms with E-state index in [9.17, 15) is 0 Å². The zero-order valence-corrected chi connectivity index (χ0v) is 12.6. The van der Waals surface area contributed by atoms with Crippen LogP contribution in [0.1, 0.15) is 5.69 Å². The van der Waals surface area contributed by atoms with Crippen LogP contribution < -0.4 is 0 Å². The molecule has 0 aliphatic carbocycles. The van der Waals surface area contributed by atoms with E-state index in [0.717, 1.165) is 5.56 Å². The van der Waals surface area contributed by atoms with Gasteiger partial charge in [-0.15, -0.1) is 0 Å². The van der Waals surface area contributed by atoms with Gasteiger partial charge < -0.3 is 4.74 Å². The molecule has 0 N–H and O–H groups in total. The van der Waals surface area contributed by atoms with Crippen molar-refractivity contribution < 1.29 is 4.74 Å². The van der Waals surface area contributed by atoms with E-state index < -0.39 is 0 Å². The molecule has 2 rings (SSSR count). The quantitative estimate of drug-likeness (QED) is 0.774. The van der Waals surface area contributed by atoms with E-state index in [0.29, 0.717) is 32.8 Å². The van der Waals surface area contributed by atoms with Gasteiger partial charge in [0.15, 0.2) is 5.82 Å². The van der Waals surface area contributed by atoms with Gasteiger partial charge in [-0.1, -0.05) is 35.3 Å². The summed E-state index contributed by atoms with van der Waals surface area (Å²) >= 11 is 15.3. The van der Waals surface area contributed by atoms with Crippen molar-refractivity contribution in [2.45, 2.75) is 6.61 Å². The van der Waals surface area contributed by atoms with Gasteiger partial charge in [-0.3, -0.25) is 0 Å². The lowest BCUT2D eigenvalue weighted by molar-refractivity contribution is 0.181. The largest absolute Gasteiger partial charge is 0.378 e. The average molecular weight is 348 g/mol. The maximum absolute atomic E-state index is 6.06. The second-order valence-corrected chi connectivity index (χ2v) is 5.13. The molecule has 94 valence electrons. The summed E-state index contributed by atoms with van der Waals surface area (Å²) in [7, 11) is 1.60. The highest BCUT2D eigenvalue weighted by Gasteiger charge is 2.12. The molecule has 2 aromatic rings. The van der Waals surface area contributed by atoms with Crippen molar-refractivity contribution in [3.8, 4) is 11.4 Å². The molecule has 0 aliphatic heterocycles. The number of nitrogens with zero attached hydrogens (tertiary/aromatic N) is 2. The number of benzene rings is 1. The van der Waals surface area contributed by atoms with Gasteiger partial charge in [0.05, 0.1) is 16.8 Å². The third-order valence-corrected chi connectivity index (χ3v) is 3.81. The third kappa shape index (κ3) is 3.01. The summed E-state index contributed by atoms with van der Waals surface area (Å²) in [5.74, 6) is 0.526. The molecule has 1 heterocycles. The fourth-order valence-electron chi connectivity index (χ4n) is 1.45. The van der Waals surface area contributed by atoms with E-state index in [2.05, 4.69) is 25.9 Å². The summed E-state index contributed by atoms with van der Waals surface area (Å²) in [6.45, 7) is 0.358. The number of hydrogen-bond acceptors (Lipinski definition) is 3. The SMILES string of the molecule is COCc1nc(-c2cccc(Cl)c2)nc(Cl)c1Br. The van der Waals surface area contributed by atoms with Crippen molar-refractivity contribution >= 4 is 39.1 Å². The summed E-state index contributed by atoms with van der Waals surface area (Å²) < 4.78 is 5.72. The molecule has 0 bridgehead atoms. The Morgan fingerprint density at radius 3 is 2.72 bits per heavy atom. The van der Waals surface area contributed by atoms with Crippen molar-refractivity contribution in [1.82, 2.24) is 9.97 Å². The first-order valence-corrected chi connectivity index (χ1v) is 6.63. The van der Waals surface area contributed by atoms with Gasteiger partial charge in [0.25, 0.3) is 0 Å². The van der Waals surface area contributed by atoms with Gasteiger partial charge in [0.2, 0.25) is 0 Å². The molecule has 6 heteroatoms. The van der Waals surface area contributed by atoms with Crippen LogP contribution in [-0.4, -0.2) is 17.1 Å². The topological polar surface area (TPSA) is 35.0 Å². The fraction of sp³-hybridized carbons (Fsp3) is 0.167. The molecule has 0 aliphatic rings. The summed E-state index contributed by atoms with van der Waals surface area (Å²) in [6.07, 6.45) is 0. The lowest BCUT2D eigenvalue weighted by atomic mass is 10.2. The highest BCUT2D eigenvalue weighted by molar-refractivity contribution is 9.10. The van der Waals surface area contributed by atoms with Gasteiger partial charge in [0.1, 0.15) is 5.15 Å². The predicted molar refractivity (Wildman–Crippen MR) is 75.9 cm³/mol. The summed E-state index contributed by atoms with van der Waals surface area (Å²) in [5, 5.41) is 0.982. The van der Waals surface area contributed by atoms with Gasteiger partial charge >= 0.3 is 0 Å². The molecule has 1 aromatic carbocycles. The Labute approximate surface area is 123 Å². The Morgan fingerprint density at radius 1 is 1.28 bits per heavy atom. The zero-order chi connectivity index (χ0) is 13.1. The maximum Gasteiger partial charge on any atom is 0.161 e. The number of halogens is 3.